The number of hydrogen-bond acceptors (Lipinski definition) is 2. The van der Waals surface area contributed by atoms with E-state index in [0.717, 1.165) is 18.2 Å². The third-order valence-corrected chi connectivity index (χ3v) is 4.24. The van der Waals surface area contributed by atoms with E-state index in [1.54, 1.807) is 13.8 Å². The molecule has 0 aliphatic carbocycles. The maximum absolute atomic E-state index is 11.0. The minimum Gasteiger partial charge on any atom is -0.228 e. The lowest BCUT2D eigenvalue weighted by Gasteiger charge is -2.21. The van der Waals surface area contributed by atoms with E-state index < -0.39 is 14.8 Å². The Kier molecular flexibility index (Phi) is 4.73. The van der Waals surface area contributed by atoms with Gasteiger partial charge in [-0.1, -0.05) is 22.4 Å². The Balaban J connectivity index is 4.06. The van der Waals surface area contributed by atoms with Gasteiger partial charge in [0.25, 0.3) is 0 Å². The van der Waals surface area contributed by atoms with Crippen molar-refractivity contribution in [1.82, 2.24) is 0 Å². The summed E-state index contributed by atoms with van der Waals surface area (Å²) in [5.41, 5.74) is 0. The van der Waals surface area contributed by atoms with Gasteiger partial charge in [0.1, 0.15) is 0 Å². The Labute approximate surface area is 82.9 Å². The fourth-order valence-corrected chi connectivity index (χ4v) is 1.61. The molecule has 0 heterocycles. The van der Waals surface area contributed by atoms with Crippen LogP contribution in [0, 0.1) is 0 Å². The van der Waals surface area contributed by atoms with Crippen molar-refractivity contribution in [3.8, 4) is 0 Å². The average Bonchev–Trinajstić information content (AvgIpc) is 1.85. The first kappa shape index (κ1) is 12.4. The summed E-state index contributed by atoms with van der Waals surface area (Å²) in [6, 6.07) is 0. The summed E-state index contributed by atoms with van der Waals surface area (Å²) in [7, 11) is -3.40. The molecule has 12 heavy (non-hydrogen) atoms. The molecule has 0 aromatic rings. The summed E-state index contributed by atoms with van der Waals surface area (Å²) in [5.74, 6) is 0. The van der Waals surface area contributed by atoms with Gasteiger partial charge in [-0.25, -0.2) is 13.6 Å². The Morgan fingerprint density at radius 1 is 1.33 bits per heavy atom. The third-order valence-electron chi connectivity index (χ3n) is 1.93. The standard InChI is InChI=1S/C7H16BrNO2S/c1-7(2,12(9,10)11)5-3-4-6-8/h3-6H2,1-2H3,(H2,9,10,11). The quantitative estimate of drug-likeness (QED) is 0.601. The average molecular weight is 258 g/mol. The number of alkyl halides is 1. The summed E-state index contributed by atoms with van der Waals surface area (Å²) < 4.78 is 21.2. The SMILES string of the molecule is CC(C)(CCCCBr)S(N)(=O)=O. The van der Waals surface area contributed by atoms with Gasteiger partial charge in [-0.15, -0.1) is 0 Å². The van der Waals surface area contributed by atoms with E-state index in [9.17, 15) is 8.42 Å². The molecule has 0 amide bonds. The second-order valence-electron chi connectivity index (χ2n) is 3.45. The van der Waals surface area contributed by atoms with Crippen molar-refractivity contribution < 1.29 is 8.42 Å². The third kappa shape index (κ3) is 3.87. The van der Waals surface area contributed by atoms with Gasteiger partial charge in [-0.05, 0) is 26.7 Å². The number of halogens is 1. The van der Waals surface area contributed by atoms with Crippen LogP contribution in [0.5, 0.6) is 0 Å². The Morgan fingerprint density at radius 2 is 1.83 bits per heavy atom. The van der Waals surface area contributed by atoms with Gasteiger partial charge in [-0.3, -0.25) is 0 Å². The van der Waals surface area contributed by atoms with E-state index in [1.165, 1.54) is 0 Å². The molecule has 5 heteroatoms. The molecule has 3 nitrogen and oxygen atoms in total. The van der Waals surface area contributed by atoms with Crippen LogP contribution in [0.4, 0.5) is 0 Å². The molecule has 0 fully saturated rings. The lowest BCUT2D eigenvalue weighted by molar-refractivity contribution is 0.515. The summed E-state index contributed by atoms with van der Waals surface area (Å²) in [4.78, 5) is 0. The van der Waals surface area contributed by atoms with Crippen LogP contribution >= 0.6 is 15.9 Å². The van der Waals surface area contributed by atoms with E-state index in [2.05, 4.69) is 15.9 Å². The number of hydrogen-bond donors (Lipinski definition) is 1. The minimum atomic E-state index is -3.40. The molecular weight excluding hydrogens is 242 g/mol. The molecule has 0 unspecified atom stereocenters. The van der Waals surface area contributed by atoms with Gasteiger partial charge < -0.3 is 0 Å². The van der Waals surface area contributed by atoms with Crippen LogP contribution in [0.15, 0.2) is 0 Å². The van der Waals surface area contributed by atoms with Gasteiger partial charge in [0.2, 0.25) is 10.0 Å². The van der Waals surface area contributed by atoms with E-state index in [1.807, 2.05) is 0 Å². The van der Waals surface area contributed by atoms with Crippen molar-refractivity contribution in [3.63, 3.8) is 0 Å². The second kappa shape index (κ2) is 4.58. The van der Waals surface area contributed by atoms with E-state index in [0.29, 0.717) is 6.42 Å². The monoisotopic (exact) mass is 257 g/mol. The maximum Gasteiger partial charge on any atom is 0.214 e. The molecule has 0 saturated heterocycles. The van der Waals surface area contributed by atoms with Gasteiger partial charge in [-0.2, -0.15) is 0 Å². The number of primary sulfonamides is 1. The van der Waals surface area contributed by atoms with Crippen molar-refractivity contribution in [3.05, 3.63) is 0 Å². The lowest BCUT2D eigenvalue weighted by atomic mass is 10.1. The second-order valence-corrected chi connectivity index (χ2v) is 6.44. The minimum absolute atomic E-state index is 0.622. The number of sulfonamides is 1. The zero-order valence-electron chi connectivity index (χ0n) is 7.51. The Morgan fingerprint density at radius 3 is 2.17 bits per heavy atom. The molecule has 0 radical (unpaired) electrons. The molecular formula is C7H16BrNO2S. The van der Waals surface area contributed by atoms with E-state index in [4.69, 9.17) is 5.14 Å². The van der Waals surface area contributed by atoms with Gasteiger partial charge >= 0.3 is 0 Å². The largest absolute Gasteiger partial charge is 0.228 e. The molecule has 0 bridgehead atoms. The van der Waals surface area contributed by atoms with Crippen LogP contribution in [-0.4, -0.2) is 18.5 Å². The van der Waals surface area contributed by atoms with Crippen LogP contribution in [0.3, 0.4) is 0 Å². The molecule has 0 aliphatic rings. The highest BCUT2D eigenvalue weighted by molar-refractivity contribution is 9.09. The molecule has 0 aromatic heterocycles. The van der Waals surface area contributed by atoms with Crippen molar-refractivity contribution in [1.29, 1.82) is 0 Å². The fourth-order valence-electron chi connectivity index (χ4n) is 0.787. The zero-order chi connectivity index (χ0) is 9.83. The maximum atomic E-state index is 11.0. The summed E-state index contributed by atoms with van der Waals surface area (Å²) in [5, 5.41) is 5.97. The van der Waals surface area contributed by atoms with Crippen LogP contribution in [0.1, 0.15) is 33.1 Å². The first-order valence-electron chi connectivity index (χ1n) is 3.89. The van der Waals surface area contributed by atoms with Crippen LogP contribution < -0.4 is 5.14 Å². The molecule has 0 aromatic carbocycles. The van der Waals surface area contributed by atoms with Gasteiger partial charge in [0, 0.05) is 5.33 Å². The number of unbranched alkanes of at least 4 members (excludes halogenated alkanes) is 1. The fraction of sp³-hybridized carbons (Fsp3) is 1.00. The molecule has 0 spiro atoms. The van der Waals surface area contributed by atoms with Crippen molar-refractivity contribution >= 4 is 26.0 Å². The predicted octanol–water partition coefficient (Wildman–Crippen LogP) is 1.62. The van der Waals surface area contributed by atoms with Crippen LogP contribution in [-0.2, 0) is 10.0 Å². The van der Waals surface area contributed by atoms with Crippen LogP contribution in [0.2, 0.25) is 0 Å². The van der Waals surface area contributed by atoms with Crippen molar-refractivity contribution in [2.24, 2.45) is 5.14 Å². The van der Waals surface area contributed by atoms with Gasteiger partial charge in [0.05, 0.1) is 4.75 Å². The number of rotatable bonds is 5. The number of nitrogens with two attached hydrogens (primary N) is 1. The summed E-state index contributed by atoms with van der Waals surface area (Å²) in [6.45, 7) is 3.33. The first-order chi connectivity index (χ1) is 5.31. The highest BCUT2D eigenvalue weighted by Crippen LogP contribution is 2.20. The summed E-state index contributed by atoms with van der Waals surface area (Å²) in [6.07, 6.45) is 2.49. The van der Waals surface area contributed by atoms with Crippen molar-refractivity contribution in [2.45, 2.75) is 37.9 Å². The lowest BCUT2D eigenvalue weighted by Crippen LogP contribution is -2.37. The van der Waals surface area contributed by atoms with Crippen molar-refractivity contribution in [2.75, 3.05) is 5.33 Å². The van der Waals surface area contributed by atoms with Crippen LogP contribution in [0.25, 0.3) is 0 Å². The molecule has 0 atom stereocenters. The smallest absolute Gasteiger partial charge is 0.214 e. The molecule has 0 saturated carbocycles. The van der Waals surface area contributed by atoms with Gasteiger partial charge in [0.15, 0.2) is 0 Å². The highest BCUT2D eigenvalue weighted by atomic mass is 79.9. The molecule has 2 N–H and O–H groups in total. The highest BCUT2D eigenvalue weighted by Gasteiger charge is 2.29. The van der Waals surface area contributed by atoms with E-state index in [-0.39, 0.29) is 0 Å². The Hall–Kier alpha value is 0.390. The molecule has 0 aliphatic heterocycles. The van der Waals surface area contributed by atoms with E-state index >= 15 is 0 Å². The normalized spacial score (nSPS) is 13.3. The molecule has 0 rings (SSSR count). The Bertz CT molecular complexity index is 224. The zero-order valence-corrected chi connectivity index (χ0v) is 9.91. The summed E-state index contributed by atoms with van der Waals surface area (Å²) >= 11 is 3.29. The predicted molar refractivity (Wildman–Crippen MR) is 54.8 cm³/mol. The molecule has 74 valence electrons. The topological polar surface area (TPSA) is 60.2 Å². The first-order valence-corrected chi connectivity index (χ1v) is 6.56.